The van der Waals surface area contributed by atoms with Gasteiger partial charge in [-0.2, -0.15) is 0 Å². The van der Waals surface area contributed by atoms with Crippen molar-refractivity contribution in [3.63, 3.8) is 0 Å². The molecule has 0 aliphatic carbocycles. The Labute approximate surface area is 170 Å². The van der Waals surface area contributed by atoms with Crippen LogP contribution < -0.4 is 0 Å². The predicted octanol–water partition coefficient (Wildman–Crippen LogP) is 8.25. The maximum Gasteiger partial charge on any atom is 0.306 e. The molecule has 27 heavy (non-hydrogen) atoms. The molecule has 160 valence electrons. The maximum atomic E-state index is 12.0. The first-order valence-corrected chi connectivity index (χ1v) is 11.8. The molecule has 0 unspecified atom stereocenters. The molecule has 0 spiro atoms. The van der Waals surface area contributed by atoms with Crippen LogP contribution in [0.15, 0.2) is 12.2 Å². The largest absolute Gasteiger partial charge is 0.462 e. The van der Waals surface area contributed by atoms with Crippen molar-refractivity contribution in [3.8, 4) is 0 Å². The molecule has 0 amide bonds. The molecule has 0 saturated heterocycles. The van der Waals surface area contributed by atoms with Crippen LogP contribution >= 0.6 is 0 Å². The van der Waals surface area contributed by atoms with E-state index in [-0.39, 0.29) is 12.1 Å². The Balaban J connectivity index is 3.44. The van der Waals surface area contributed by atoms with Crippen molar-refractivity contribution < 1.29 is 9.53 Å². The molecule has 0 fully saturated rings. The summed E-state index contributed by atoms with van der Waals surface area (Å²) in [7, 11) is 0. The van der Waals surface area contributed by atoms with Gasteiger partial charge in [-0.3, -0.25) is 4.79 Å². The fraction of sp³-hybridized carbons (Fsp3) is 0.880. The maximum absolute atomic E-state index is 12.0. The number of carbonyl (C=O) groups is 1. The average molecular weight is 381 g/mol. The van der Waals surface area contributed by atoms with Gasteiger partial charge in [0.05, 0.1) is 0 Å². The van der Waals surface area contributed by atoms with Crippen molar-refractivity contribution in [1.29, 1.82) is 0 Å². The van der Waals surface area contributed by atoms with Gasteiger partial charge in [-0.25, -0.2) is 0 Å². The van der Waals surface area contributed by atoms with E-state index in [1.807, 2.05) is 0 Å². The van der Waals surface area contributed by atoms with Gasteiger partial charge in [0, 0.05) is 6.42 Å². The first-order chi connectivity index (χ1) is 13.0. The Morgan fingerprint density at radius 2 is 1.15 bits per heavy atom. The van der Waals surface area contributed by atoms with E-state index in [9.17, 15) is 4.79 Å². The van der Waals surface area contributed by atoms with Crippen LogP contribution in [0.1, 0.15) is 125 Å². The second-order valence-electron chi connectivity index (χ2n) is 8.78. The molecular formula is C25H48O2. The first-order valence-electron chi connectivity index (χ1n) is 11.8. The monoisotopic (exact) mass is 380 g/mol. The predicted molar refractivity (Wildman–Crippen MR) is 119 cm³/mol. The number of unbranched alkanes of at least 4 members (excludes halogenated alkanes) is 11. The summed E-state index contributed by atoms with van der Waals surface area (Å²) in [6.45, 7) is 10.8. The fourth-order valence-electron chi connectivity index (χ4n) is 3.59. The van der Waals surface area contributed by atoms with E-state index in [1.54, 1.807) is 0 Å². The van der Waals surface area contributed by atoms with E-state index in [0.29, 0.717) is 18.3 Å². The van der Waals surface area contributed by atoms with Crippen molar-refractivity contribution in [2.75, 3.05) is 0 Å². The Kier molecular flexibility index (Phi) is 18.0. The van der Waals surface area contributed by atoms with E-state index in [2.05, 4.69) is 46.8 Å². The van der Waals surface area contributed by atoms with Crippen molar-refractivity contribution in [2.45, 2.75) is 131 Å². The van der Waals surface area contributed by atoms with Gasteiger partial charge in [0.15, 0.2) is 0 Å². The normalized spacial score (nSPS) is 12.0. The lowest BCUT2D eigenvalue weighted by atomic mass is 9.96. The molecule has 0 rings (SSSR count). The van der Waals surface area contributed by atoms with Crippen LogP contribution in [0.3, 0.4) is 0 Å². The molecule has 0 saturated carbocycles. The summed E-state index contributed by atoms with van der Waals surface area (Å²) in [6.07, 6.45) is 22.0. The number of rotatable bonds is 18. The third-order valence-electron chi connectivity index (χ3n) is 5.22. The van der Waals surface area contributed by atoms with Crippen LogP contribution in [0.25, 0.3) is 0 Å². The van der Waals surface area contributed by atoms with E-state index < -0.39 is 0 Å². The van der Waals surface area contributed by atoms with Crippen LogP contribution in [0.2, 0.25) is 0 Å². The summed E-state index contributed by atoms with van der Waals surface area (Å²) in [5, 5.41) is 0. The number of esters is 1. The Morgan fingerprint density at radius 3 is 1.63 bits per heavy atom. The molecule has 0 aliphatic rings. The van der Waals surface area contributed by atoms with Gasteiger partial charge in [-0.15, -0.1) is 0 Å². The summed E-state index contributed by atoms with van der Waals surface area (Å²) in [5.74, 6) is 0.770. The van der Waals surface area contributed by atoms with Gasteiger partial charge in [-0.05, 0) is 43.9 Å². The summed E-state index contributed by atoms with van der Waals surface area (Å²) in [4.78, 5) is 12.0. The molecular weight excluding hydrogens is 332 g/mol. The fourth-order valence-corrected chi connectivity index (χ4v) is 3.59. The highest BCUT2D eigenvalue weighted by Gasteiger charge is 2.21. The topological polar surface area (TPSA) is 26.3 Å². The summed E-state index contributed by atoms with van der Waals surface area (Å²) < 4.78 is 5.64. The second kappa shape index (κ2) is 18.6. The molecule has 0 aromatic rings. The lowest BCUT2D eigenvalue weighted by molar-refractivity contribution is -0.154. The summed E-state index contributed by atoms with van der Waals surface area (Å²) in [6, 6.07) is 0. The lowest BCUT2D eigenvalue weighted by Gasteiger charge is -2.24. The zero-order valence-electron chi connectivity index (χ0n) is 19.1. The molecule has 0 aromatic carbocycles. The molecule has 2 heteroatoms. The smallest absolute Gasteiger partial charge is 0.306 e. The lowest BCUT2D eigenvalue weighted by Crippen LogP contribution is -2.28. The van der Waals surface area contributed by atoms with Crippen LogP contribution in [0.4, 0.5) is 0 Å². The minimum atomic E-state index is -0.0139. The minimum Gasteiger partial charge on any atom is -0.462 e. The molecule has 0 atom stereocenters. The van der Waals surface area contributed by atoms with Crippen LogP contribution in [-0.4, -0.2) is 12.1 Å². The minimum absolute atomic E-state index is 0.0139. The summed E-state index contributed by atoms with van der Waals surface area (Å²) in [5.41, 5.74) is 0. The molecule has 0 aromatic heterocycles. The van der Waals surface area contributed by atoms with Crippen LogP contribution in [0, 0.1) is 11.8 Å². The van der Waals surface area contributed by atoms with E-state index in [4.69, 9.17) is 4.74 Å². The third-order valence-corrected chi connectivity index (χ3v) is 5.22. The highest BCUT2D eigenvalue weighted by Crippen LogP contribution is 2.18. The summed E-state index contributed by atoms with van der Waals surface area (Å²) >= 11 is 0. The highest BCUT2D eigenvalue weighted by atomic mass is 16.5. The average Bonchev–Trinajstić information content (AvgIpc) is 2.62. The zero-order chi connectivity index (χ0) is 20.3. The highest BCUT2D eigenvalue weighted by molar-refractivity contribution is 5.69. The molecule has 0 N–H and O–H groups in total. The molecule has 0 bridgehead atoms. The molecule has 0 radical (unpaired) electrons. The van der Waals surface area contributed by atoms with Crippen molar-refractivity contribution >= 4 is 5.97 Å². The van der Waals surface area contributed by atoms with Gasteiger partial charge in [0.2, 0.25) is 0 Å². The van der Waals surface area contributed by atoms with Crippen molar-refractivity contribution in [1.82, 2.24) is 0 Å². The van der Waals surface area contributed by atoms with Gasteiger partial charge < -0.3 is 4.74 Å². The Morgan fingerprint density at radius 1 is 0.704 bits per heavy atom. The van der Waals surface area contributed by atoms with Gasteiger partial charge in [0.25, 0.3) is 0 Å². The van der Waals surface area contributed by atoms with Crippen molar-refractivity contribution in [3.05, 3.63) is 12.2 Å². The van der Waals surface area contributed by atoms with Gasteiger partial charge >= 0.3 is 5.97 Å². The first kappa shape index (κ1) is 26.2. The number of ether oxygens (including phenoxy) is 1. The van der Waals surface area contributed by atoms with Crippen LogP contribution in [-0.2, 0) is 9.53 Å². The van der Waals surface area contributed by atoms with E-state index in [0.717, 1.165) is 12.8 Å². The van der Waals surface area contributed by atoms with Gasteiger partial charge in [-0.1, -0.05) is 98.1 Å². The SMILES string of the molecule is CCCCCCCC/C=C\CCCCCCCC(=O)OC(C(C)C)C(C)C. The standard InChI is InChI=1S/C25H48O2/c1-6-7-8-9-10-11-12-13-14-15-16-17-18-19-20-21-24(26)27-25(22(2)3)23(4)5/h13-14,22-23,25H,6-12,15-21H2,1-5H3/b14-13-. The number of hydrogen-bond donors (Lipinski definition) is 0. The van der Waals surface area contributed by atoms with Crippen LogP contribution in [0.5, 0.6) is 0 Å². The van der Waals surface area contributed by atoms with Crippen molar-refractivity contribution in [2.24, 2.45) is 11.8 Å². The number of allylic oxidation sites excluding steroid dienone is 2. The van der Waals surface area contributed by atoms with E-state index in [1.165, 1.54) is 70.6 Å². The Bertz CT molecular complexity index is 349. The number of carbonyl (C=O) groups excluding carboxylic acids is 1. The van der Waals surface area contributed by atoms with E-state index >= 15 is 0 Å². The number of hydrogen-bond acceptors (Lipinski definition) is 2. The third kappa shape index (κ3) is 17.1. The molecule has 0 heterocycles. The quantitative estimate of drug-likeness (QED) is 0.136. The molecule has 2 nitrogen and oxygen atoms in total. The Hall–Kier alpha value is -0.790. The van der Waals surface area contributed by atoms with Gasteiger partial charge in [0.1, 0.15) is 6.10 Å². The second-order valence-corrected chi connectivity index (χ2v) is 8.78. The zero-order valence-corrected chi connectivity index (χ0v) is 19.1. The molecule has 0 aliphatic heterocycles.